The van der Waals surface area contributed by atoms with E-state index in [4.69, 9.17) is 11.6 Å². The molecule has 34 heavy (non-hydrogen) atoms. The molecule has 0 heterocycles. The molecule has 0 aliphatic carbocycles. The van der Waals surface area contributed by atoms with Gasteiger partial charge in [-0.1, -0.05) is 35.9 Å². The van der Waals surface area contributed by atoms with Crippen molar-refractivity contribution in [2.24, 2.45) is 0 Å². The summed E-state index contributed by atoms with van der Waals surface area (Å²) in [6, 6.07) is 8.61. The first-order chi connectivity index (χ1) is 15.6. The van der Waals surface area contributed by atoms with Crippen LogP contribution in [0.4, 0.5) is 26.3 Å². The van der Waals surface area contributed by atoms with Crippen molar-refractivity contribution in [1.29, 1.82) is 0 Å². The van der Waals surface area contributed by atoms with Crippen molar-refractivity contribution in [2.45, 2.75) is 37.0 Å². The van der Waals surface area contributed by atoms with Gasteiger partial charge in [-0.2, -0.15) is 34.8 Å². The normalized spacial score (nSPS) is 13.3. The fourth-order valence-electron chi connectivity index (χ4n) is 2.87. The summed E-state index contributed by atoms with van der Waals surface area (Å²) in [4.78, 5) is 24.4. The molecule has 0 unspecified atom stereocenters. The van der Waals surface area contributed by atoms with Crippen molar-refractivity contribution in [2.75, 3.05) is 0 Å². The summed E-state index contributed by atoms with van der Waals surface area (Å²) < 4.78 is 99.0. The Morgan fingerprint density at radius 2 is 1.53 bits per heavy atom. The SMILES string of the molecule is O=C(Cc1cccc(Cl)c1)N[C@H](CC(=O)NS(=O)(=O)C(F)(F)F)Cc1ccc(C(F)(F)F)cc1. The van der Waals surface area contributed by atoms with Gasteiger partial charge in [0.2, 0.25) is 11.8 Å². The monoisotopic (exact) mass is 530 g/mol. The average Bonchev–Trinajstić information content (AvgIpc) is 2.66. The third-order valence-corrected chi connectivity index (χ3v) is 5.71. The summed E-state index contributed by atoms with van der Waals surface area (Å²) >= 11 is 5.84. The van der Waals surface area contributed by atoms with Crippen molar-refractivity contribution in [3.8, 4) is 0 Å². The molecule has 0 spiro atoms. The third kappa shape index (κ3) is 8.20. The molecule has 0 saturated heterocycles. The molecule has 0 aromatic heterocycles. The van der Waals surface area contributed by atoms with Crippen LogP contribution in [0.15, 0.2) is 48.5 Å². The van der Waals surface area contributed by atoms with E-state index >= 15 is 0 Å². The Bertz CT molecular complexity index is 1130. The smallest absolute Gasteiger partial charge is 0.352 e. The first kappa shape index (κ1) is 27.4. The summed E-state index contributed by atoms with van der Waals surface area (Å²) in [7, 11) is -5.97. The van der Waals surface area contributed by atoms with Gasteiger partial charge in [-0.15, -0.1) is 0 Å². The molecule has 186 valence electrons. The van der Waals surface area contributed by atoms with Crippen LogP contribution >= 0.6 is 11.6 Å². The van der Waals surface area contributed by atoms with Gasteiger partial charge in [-0.25, -0.2) is 4.72 Å². The minimum Gasteiger partial charge on any atom is -0.352 e. The van der Waals surface area contributed by atoms with Crippen molar-refractivity contribution in [1.82, 2.24) is 10.0 Å². The minimum atomic E-state index is -5.97. The van der Waals surface area contributed by atoms with E-state index in [0.717, 1.165) is 29.0 Å². The number of rotatable bonds is 8. The Kier molecular flexibility index (Phi) is 8.59. The number of benzene rings is 2. The number of amides is 2. The lowest BCUT2D eigenvalue weighted by molar-refractivity contribution is -0.137. The van der Waals surface area contributed by atoms with E-state index in [2.05, 4.69) is 5.32 Å². The van der Waals surface area contributed by atoms with Gasteiger partial charge in [0.15, 0.2) is 0 Å². The van der Waals surface area contributed by atoms with Gasteiger partial charge < -0.3 is 5.32 Å². The first-order valence-corrected chi connectivity index (χ1v) is 11.2. The topological polar surface area (TPSA) is 92.3 Å². The Hall–Kier alpha value is -2.80. The molecule has 2 rings (SSSR count). The van der Waals surface area contributed by atoms with E-state index in [1.54, 1.807) is 18.2 Å². The molecule has 2 aromatic rings. The predicted molar refractivity (Wildman–Crippen MR) is 110 cm³/mol. The van der Waals surface area contributed by atoms with Crippen LogP contribution in [0.2, 0.25) is 5.02 Å². The van der Waals surface area contributed by atoms with Crippen LogP contribution in [-0.2, 0) is 38.6 Å². The van der Waals surface area contributed by atoms with Gasteiger partial charge in [0.1, 0.15) is 0 Å². The van der Waals surface area contributed by atoms with Gasteiger partial charge in [0, 0.05) is 17.5 Å². The highest BCUT2D eigenvalue weighted by Crippen LogP contribution is 2.29. The summed E-state index contributed by atoms with van der Waals surface area (Å²) in [5.41, 5.74) is -6.00. The third-order valence-electron chi connectivity index (χ3n) is 4.37. The molecule has 0 aliphatic heterocycles. The quantitative estimate of drug-likeness (QED) is 0.505. The lowest BCUT2D eigenvalue weighted by Crippen LogP contribution is -2.45. The number of nitrogens with one attached hydrogen (secondary N) is 2. The Morgan fingerprint density at radius 3 is 2.06 bits per heavy atom. The van der Waals surface area contributed by atoms with Crippen LogP contribution in [0, 0.1) is 0 Å². The number of alkyl halides is 6. The fourth-order valence-corrected chi connectivity index (χ4v) is 3.58. The van der Waals surface area contributed by atoms with Crippen LogP contribution < -0.4 is 10.0 Å². The second-order valence-corrected chi connectivity index (χ2v) is 9.26. The van der Waals surface area contributed by atoms with Gasteiger partial charge >= 0.3 is 21.7 Å². The van der Waals surface area contributed by atoms with E-state index in [-0.39, 0.29) is 18.4 Å². The van der Waals surface area contributed by atoms with Crippen LogP contribution in [0.1, 0.15) is 23.1 Å². The van der Waals surface area contributed by atoms with E-state index < -0.39 is 51.5 Å². The zero-order chi connectivity index (χ0) is 25.7. The van der Waals surface area contributed by atoms with E-state index in [1.165, 1.54) is 6.07 Å². The summed E-state index contributed by atoms with van der Waals surface area (Å²) in [5.74, 6) is -2.23. The molecular formula is C20H17ClF6N2O4S. The summed E-state index contributed by atoms with van der Waals surface area (Å²) in [6.07, 6.45) is -5.99. The number of hydrogen-bond donors (Lipinski definition) is 2. The number of carbonyl (C=O) groups is 2. The lowest BCUT2D eigenvalue weighted by atomic mass is 10.0. The van der Waals surface area contributed by atoms with Crippen LogP contribution in [0.25, 0.3) is 0 Å². The highest BCUT2D eigenvalue weighted by atomic mass is 35.5. The van der Waals surface area contributed by atoms with Gasteiger partial charge in [-0.05, 0) is 41.8 Å². The van der Waals surface area contributed by atoms with Gasteiger partial charge in [-0.3, -0.25) is 9.59 Å². The van der Waals surface area contributed by atoms with E-state index in [1.807, 2.05) is 0 Å². The Morgan fingerprint density at radius 1 is 0.912 bits per heavy atom. The second kappa shape index (κ2) is 10.6. The fraction of sp³-hybridized carbons (Fsp3) is 0.300. The standard InChI is InChI=1S/C20H17ClF6N2O4S/c21-15-3-1-2-13(8-15)10-17(30)28-16(11-18(31)29-34(32,33)20(25,26)27)9-12-4-6-14(7-5-12)19(22,23)24/h1-8,16H,9-11H2,(H,28,30)(H,29,31)/t16-/m0/s1. The van der Waals surface area contributed by atoms with Crippen LogP contribution in [0.3, 0.4) is 0 Å². The van der Waals surface area contributed by atoms with Crippen LogP contribution in [0.5, 0.6) is 0 Å². The molecule has 0 radical (unpaired) electrons. The first-order valence-electron chi connectivity index (χ1n) is 9.38. The maximum atomic E-state index is 12.7. The molecule has 0 aliphatic rings. The zero-order valence-corrected chi connectivity index (χ0v) is 18.6. The van der Waals surface area contributed by atoms with Crippen LogP contribution in [-0.4, -0.2) is 31.8 Å². The molecule has 2 aromatic carbocycles. The summed E-state index contributed by atoms with van der Waals surface area (Å²) in [6.45, 7) is 0. The van der Waals surface area contributed by atoms with E-state index in [9.17, 15) is 44.3 Å². The number of sulfonamides is 1. The summed E-state index contributed by atoms with van der Waals surface area (Å²) in [5, 5.41) is 2.73. The van der Waals surface area contributed by atoms with Crippen molar-refractivity contribution in [3.63, 3.8) is 0 Å². The van der Waals surface area contributed by atoms with Crippen molar-refractivity contribution in [3.05, 3.63) is 70.2 Å². The van der Waals surface area contributed by atoms with Gasteiger partial charge in [0.25, 0.3) is 0 Å². The number of halogens is 7. The maximum Gasteiger partial charge on any atom is 0.516 e. The molecular weight excluding hydrogens is 514 g/mol. The average molecular weight is 531 g/mol. The Balaban J connectivity index is 2.18. The zero-order valence-electron chi connectivity index (χ0n) is 17.0. The predicted octanol–water partition coefficient (Wildman–Crippen LogP) is 3.98. The molecule has 0 saturated carbocycles. The maximum absolute atomic E-state index is 12.7. The molecule has 6 nitrogen and oxygen atoms in total. The molecule has 2 N–H and O–H groups in total. The molecule has 14 heteroatoms. The minimum absolute atomic E-state index is 0.215. The lowest BCUT2D eigenvalue weighted by Gasteiger charge is -2.19. The molecule has 0 bridgehead atoms. The molecule has 1 atom stereocenters. The Labute approximate surface area is 195 Å². The van der Waals surface area contributed by atoms with Crippen molar-refractivity contribution < 1.29 is 44.3 Å². The second-order valence-electron chi connectivity index (χ2n) is 7.15. The largest absolute Gasteiger partial charge is 0.516 e. The van der Waals surface area contributed by atoms with E-state index in [0.29, 0.717) is 10.6 Å². The number of hydrogen-bond acceptors (Lipinski definition) is 4. The highest BCUT2D eigenvalue weighted by molar-refractivity contribution is 7.90. The highest BCUT2D eigenvalue weighted by Gasteiger charge is 2.47. The molecule has 0 fully saturated rings. The molecule has 2 amide bonds. The van der Waals surface area contributed by atoms with Gasteiger partial charge in [0.05, 0.1) is 12.0 Å². The van der Waals surface area contributed by atoms with Crippen molar-refractivity contribution >= 4 is 33.4 Å². The number of carbonyl (C=O) groups excluding carboxylic acids is 2.